The summed E-state index contributed by atoms with van der Waals surface area (Å²) in [4.78, 5) is 14.7. The fourth-order valence-electron chi connectivity index (χ4n) is 1.47. The molecule has 0 bridgehead atoms. The lowest BCUT2D eigenvalue weighted by molar-refractivity contribution is 0.0696. The van der Waals surface area contributed by atoms with Gasteiger partial charge in [0.2, 0.25) is 0 Å². The van der Waals surface area contributed by atoms with Crippen LogP contribution in [0.3, 0.4) is 0 Å². The Balaban J connectivity index is 2.17. The maximum Gasteiger partial charge on any atom is 0.335 e. The van der Waals surface area contributed by atoms with E-state index in [1.807, 2.05) is 0 Å². The van der Waals surface area contributed by atoms with E-state index in [0.29, 0.717) is 16.5 Å². The van der Waals surface area contributed by atoms with E-state index in [0.717, 1.165) is 5.56 Å². The Kier molecular flexibility index (Phi) is 3.87. The summed E-state index contributed by atoms with van der Waals surface area (Å²) >= 11 is 5.94. The van der Waals surface area contributed by atoms with Crippen LogP contribution in [0.1, 0.15) is 15.9 Å². The van der Waals surface area contributed by atoms with E-state index in [2.05, 4.69) is 4.98 Å². The topological polar surface area (TPSA) is 85.4 Å². The van der Waals surface area contributed by atoms with Crippen molar-refractivity contribution in [1.82, 2.24) is 4.98 Å². The van der Waals surface area contributed by atoms with E-state index in [9.17, 15) is 4.79 Å². The Morgan fingerprint density at radius 2 is 2.21 bits per heavy atom. The van der Waals surface area contributed by atoms with E-state index in [1.54, 1.807) is 12.3 Å². The first kappa shape index (κ1) is 13.2. The number of nitrogen functional groups attached to an aromatic ring is 1. The van der Waals surface area contributed by atoms with Crippen molar-refractivity contribution < 1.29 is 14.6 Å². The van der Waals surface area contributed by atoms with Gasteiger partial charge in [-0.2, -0.15) is 0 Å². The third-order valence-electron chi connectivity index (χ3n) is 2.50. The molecule has 0 aliphatic carbocycles. The number of carboxylic acids is 1. The lowest BCUT2D eigenvalue weighted by Gasteiger charge is -2.10. The first-order valence-corrected chi connectivity index (χ1v) is 5.79. The number of aromatic nitrogens is 1. The number of pyridine rings is 1. The first-order chi connectivity index (χ1) is 9.08. The van der Waals surface area contributed by atoms with Gasteiger partial charge in [-0.05, 0) is 24.3 Å². The van der Waals surface area contributed by atoms with Gasteiger partial charge in [-0.3, -0.25) is 4.98 Å². The fraction of sp³-hybridized carbons (Fsp3) is 0.0769. The van der Waals surface area contributed by atoms with Crippen LogP contribution in [0.5, 0.6) is 5.75 Å². The molecule has 98 valence electrons. The number of rotatable bonds is 4. The lowest BCUT2D eigenvalue weighted by Crippen LogP contribution is -2.02. The summed E-state index contributed by atoms with van der Waals surface area (Å²) in [5.74, 6) is -0.723. The van der Waals surface area contributed by atoms with Crippen LogP contribution in [0.25, 0.3) is 0 Å². The number of nitrogens with two attached hydrogens (primary N) is 1. The molecular formula is C13H11ClN2O3. The summed E-state index contributed by atoms with van der Waals surface area (Å²) in [7, 11) is 0. The molecule has 1 heterocycles. The lowest BCUT2D eigenvalue weighted by atomic mass is 10.2. The Bertz CT molecular complexity index is 617. The molecule has 3 N–H and O–H groups in total. The Labute approximate surface area is 114 Å². The van der Waals surface area contributed by atoms with Gasteiger partial charge < -0.3 is 15.6 Å². The van der Waals surface area contributed by atoms with Crippen LogP contribution in [0, 0.1) is 0 Å². The quantitative estimate of drug-likeness (QED) is 0.840. The smallest absolute Gasteiger partial charge is 0.335 e. The normalized spacial score (nSPS) is 10.2. The Morgan fingerprint density at radius 3 is 2.89 bits per heavy atom. The van der Waals surface area contributed by atoms with Crippen LogP contribution in [-0.2, 0) is 6.61 Å². The second-order valence-electron chi connectivity index (χ2n) is 3.81. The van der Waals surface area contributed by atoms with Crippen molar-refractivity contribution in [2.75, 3.05) is 5.73 Å². The van der Waals surface area contributed by atoms with Crippen molar-refractivity contribution in [2.45, 2.75) is 6.61 Å². The van der Waals surface area contributed by atoms with E-state index < -0.39 is 5.97 Å². The maximum atomic E-state index is 10.9. The largest absolute Gasteiger partial charge is 0.487 e. The van der Waals surface area contributed by atoms with E-state index in [-0.39, 0.29) is 12.2 Å². The van der Waals surface area contributed by atoms with Crippen LogP contribution in [-0.4, -0.2) is 16.1 Å². The maximum absolute atomic E-state index is 10.9. The zero-order valence-electron chi connectivity index (χ0n) is 9.84. The SMILES string of the molecule is Nc1ccc(C(=O)O)cc1OCc1ccncc1Cl. The molecule has 2 aromatic rings. The molecule has 0 spiro atoms. The standard InChI is InChI=1S/C13H11ClN2O3/c14-10-6-16-4-3-9(10)7-19-12-5-8(13(17)18)1-2-11(12)15/h1-6H,7,15H2,(H,17,18). The second-order valence-corrected chi connectivity index (χ2v) is 4.22. The first-order valence-electron chi connectivity index (χ1n) is 5.42. The number of hydrogen-bond acceptors (Lipinski definition) is 4. The van der Waals surface area contributed by atoms with Crippen molar-refractivity contribution >= 4 is 23.3 Å². The Morgan fingerprint density at radius 1 is 1.42 bits per heavy atom. The minimum atomic E-state index is -1.04. The number of carboxylic acid groups (broad SMARTS) is 1. The van der Waals surface area contributed by atoms with Gasteiger partial charge in [0.05, 0.1) is 16.3 Å². The molecule has 0 saturated carbocycles. The summed E-state index contributed by atoms with van der Waals surface area (Å²) < 4.78 is 5.49. The molecule has 0 radical (unpaired) electrons. The van der Waals surface area contributed by atoms with E-state index in [1.165, 1.54) is 24.4 Å². The molecule has 0 fully saturated rings. The molecule has 1 aromatic carbocycles. The number of ether oxygens (including phenoxy) is 1. The summed E-state index contributed by atoms with van der Waals surface area (Å²) in [5.41, 5.74) is 6.96. The van der Waals surface area contributed by atoms with Crippen LogP contribution in [0.15, 0.2) is 36.7 Å². The van der Waals surface area contributed by atoms with Crippen LogP contribution in [0.4, 0.5) is 5.69 Å². The van der Waals surface area contributed by atoms with E-state index >= 15 is 0 Å². The van der Waals surface area contributed by atoms with E-state index in [4.69, 9.17) is 27.2 Å². The van der Waals surface area contributed by atoms with Crippen LogP contribution >= 0.6 is 11.6 Å². The van der Waals surface area contributed by atoms with Gasteiger partial charge in [0.25, 0.3) is 0 Å². The van der Waals surface area contributed by atoms with Crippen molar-refractivity contribution in [3.63, 3.8) is 0 Å². The monoisotopic (exact) mass is 278 g/mol. The van der Waals surface area contributed by atoms with Gasteiger partial charge in [-0.25, -0.2) is 4.79 Å². The minimum Gasteiger partial charge on any atom is -0.487 e. The molecule has 1 aromatic heterocycles. The van der Waals surface area contributed by atoms with Crippen LogP contribution in [0.2, 0.25) is 5.02 Å². The molecule has 19 heavy (non-hydrogen) atoms. The number of carbonyl (C=O) groups is 1. The molecule has 2 rings (SSSR count). The summed E-state index contributed by atoms with van der Waals surface area (Å²) in [6.45, 7) is 0.189. The average Bonchev–Trinajstić information content (AvgIpc) is 2.39. The van der Waals surface area contributed by atoms with Crippen molar-refractivity contribution in [3.05, 3.63) is 52.8 Å². The Hall–Kier alpha value is -2.27. The number of anilines is 1. The zero-order chi connectivity index (χ0) is 13.8. The predicted molar refractivity (Wildman–Crippen MR) is 71.4 cm³/mol. The minimum absolute atomic E-state index is 0.116. The van der Waals surface area contributed by atoms with Gasteiger partial charge in [-0.1, -0.05) is 11.6 Å². The average molecular weight is 279 g/mol. The van der Waals surface area contributed by atoms with Crippen molar-refractivity contribution in [1.29, 1.82) is 0 Å². The molecule has 0 saturated heterocycles. The third-order valence-corrected chi connectivity index (χ3v) is 2.84. The highest BCUT2D eigenvalue weighted by molar-refractivity contribution is 6.31. The van der Waals surface area contributed by atoms with Gasteiger partial charge in [0, 0.05) is 18.0 Å². The highest BCUT2D eigenvalue weighted by atomic mass is 35.5. The molecule has 0 amide bonds. The van der Waals surface area contributed by atoms with Gasteiger partial charge >= 0.3 is 5.97 Å². The molecule has 0 aliphatic heterocycles. The van der Waals surface area contributed by atoms with Crippen LogP contribution < -0.4 is 10.5 Å². The summed E-state index contributed by atoms with van der Waals surface area (Å²) in [6, 6.07) is 6.02. The molecular weight excluding hydrogens is 268 g/mol. The number of benzene rings is 1. The summed E-state index contributed by atoms with van der Waals surface area (Å²) in [5, 5.41) is 9.39. The number of aromatic carboxylic acids is 1. The highest BCUT2D eigenvalue weighted by Gasteiger charge is 2.08. The van der Waals surface area contributed by atoms with Crippen molar-refractivity contribution in [2.24, 2.45) is 0 Å². The molecule has 0 unspecified atom stereocenters. The van der Waals surface area contributed by atoms with Gasteiger partial charge in [0.15, 0.2) is 0 Å². The fourth-order valence-corrected chi connectivity index (χ4v) is 1.64. The zero-order valence-corrected chi connectivity index (χ0v) is 10.6. The number of hydrogen-bond donors (Lipinski definition) is 2. The second kappa shape index (κ2) is 5.58. The van der Waals surface area contributed by atoms with Crippen molar-refractivity contribution in [3.8, 4) is 5.75 Å². The molecule has 5 nitrogen and oxygen atoms in total. The highest BCUT2D eigenvalue weighted by Crippen LogP contribution is 2.25. The molecule has 0 aliphatic rings. The predicted octanol–water partition coefficient (Wildman–Crippen LogP) is 2.59. The van der Waals surface area contributed by atoms with Gasteiger partial charge in [-0.15, -0.1) is 0 Å². The molecule has 6 heteroatoms. The van der Waals surface area contributed by atoms with Gasteiger partial charge in [0.1, 0.15) is 12.4 Å². The third kappa shape index (κ3) is 3.14. The molecule has 0 atom stereocenters. The number of halogens is 1. The number of nitrogens with zero attached hydrogens (tertiary/aromatic N) is 1. The summed E-state index contributed by atoms with van der Waals surface area (Å²) in [6.07, 6.45) is 3.11.